The second-order valence-corrected chi connectivity index (χ2v) is 5.61. The lowest BCUT2D eigenvalue weighted by Gasteiger charge is -2.30. The van der Waals surface area contributed by atoms with Gasteiger partial charge in [0, 0.05) is 12.1 Å². The molecular weight excluding hydrogens is 220 g/mol. The predicted octanol–water partition coefficient (Wildman–Crippen LogP) is 1.86. The lowest BCUT2D eigenvalue weighted by molar-refractivity contribution is -0.135. The smallest absolute Gasteiger partial charge is 0.240 e. The van der Waals surface area contributed by atoms with E-state index >= 15 is 0 Å². The first kappa shape index (κ1) is 13.8. The van der Waals surface area contributed by atoms with E-state index in [0.29, 0.717) is 12.1 Å². The summed E-state index contributed by atoms with van der Waals surface area (Å²) >= 11 is 1.75. The van der Waals surface area contributed by atoms with Gasteiger partial charge in [0.15, 0.2) is 0 Å². The van der Waals surface area contributed by atoms with Crippen LogP contribution in [0.1, 0.15) is 39.5 Å². The molecule has 3 nitrogen and oxygen atoms in total. The highest BCUT2D eigenvalue weighted by Crippen LogP contribution is 2.26. The van der Waals surface area contributed by atoms with Crippen molar-refractivity contribution in [3.05, 3.63) is 0 Å². The van der Waals surface area contributed by atoms with Crippen LogP contribution < -0.4 is 5.73 Å². The molecule has 16 heavy (non-hydrogen) atoms. The van der Waals surface area contributed by atoms with Crippen molar-refractivity contribution in [2.45, 2.75) is 57.7 Å². The Morgan fingerprint density at radius 2 is 2.25 bits per heavy atom. The van der Waals surface area contributed by atoms with Gasteiger partial charge >= 0.3 is 0 Å². The number of rotatable bonds is 5. The molecule has 3 atom stereocenters. The molecule has 1 saturated heterocycles. The third kappa shape index (κ3) is 3.14. The first-order chi connectivity index (χ1) is 7.61. The summed E-state index contributed by atoms with van der Waals surface area (Å²) in [6.45, 7) is 4.28. The Bertz CT molecular complexity index is 235. The van der Waals surface area contributed by atoms with Crippen molar-refractivity contribution >= 4 is 17.7 Å². The summed E-state index contributed by atoms with van der Waals surface area (Å²) < 4.78 is 0. The fourth-order valence-corrected chi connectivity index (χ4v) is 2.92. The Morgan fingerprint density at radius 1 is 1.56 bits per heavy atom. The third-order valence-electron chi connectivity index (χ3n) is 3.46. The summed E-state index contributed by atoms with van der Waals surface area (Å²) in [5, 5.41) is 0. The molecule has 0 spiro atoms. The molecule has 0 bridgehead atoms. The molecule has 1 aliphatic heterocycles. The van der Waals surface area contributed by atoms with Crippen LogP contribution >= 0.6 is 11.8 Å². The molecule has 1 fully saturated rings. The SMILES string of the molecule is CCC1CCC(C)N1C(=O)[C@@H](N)CCSC. The molecule has 1 aliphatic rings. The van der Waals surface area contributed by atoms with E-state index in [1.165, 1.54) is 0 Å². The van der Waals surface area contributed by atoms with Gasteiger partial charge in [0.05, 0.1) is 6.04 Å². The van der Waals surface area contributed by atoms with Gasteiger partial charge in [0.1, 0.15) is 0 Å². The van der Waals surface area contributed by atoms with Gasteiger partial charge in [-0.1, -0.05) is 6.92 Å². The lowest BCUT2D eigenvalue weighted by atomic mass is 10.1. The Labute approximate surface area is 103 Å². The number of thioether (sulfide) groups is 1. The Hall–Kier alpha value is -0.220. The van der Waals surface area contributed by atoms with Crippen molar-refractivity contribution < 1.29 is 4.79 Å². The van der Waals surface area contributed by atoms with E-state index < -0.39 is 0 Å². The Kier molecular flexibility index (Phi) is 5.62. The number of carbonyl (C=O) groups is 1. The van der Waals surface area contributed by atoms with Crippen molar-refractivity contribution in [3.8, 4) is 0 Å². The van der Waals surface area contributed by atoms with Crippen molar-refractivity contribution in [1.82, 2.24) is 4.90 Å². The van der Waals surface area contributed by atoms with E-state index in [1.807, 2.05) is 11.2 Å². The minimum atomic E-state index is -0.304. The maximum Gasteiger partial charge on any atom is 0.240 e. The predicted molar refractivity (Wildman–Crippen MR) is 70.6 cm³/mol. The largest absolute Gasteiger partial charge is 0.336 e. The number of hydrogen-bond donors (Lipinski definition) is 1. The summed E-state index contributed by atoms with van der Waals surface area (Å²) in [5.74, 6) is 1.12. The van der Waals surface area contributed by atoms with Gasteiger partial charge in [-0.05, 0) is 44.6 Å². The van der Waals surface area contributed by atoms with Crippen LogP contribution in [0.15, 0.2) is 0 Å². The first-order valence-corrected chi connectivity index (χ1v) is 7.57. The number of nitrogens with two attached hydrogens (primary N) is 1. The first-order valence-electron chi connectivity index (χ1n) is 6.18. The van der Waals surface area contributed by atoms with Crippen molar-refractivity contribution in [3.63, 3.8) is 0 Å². The molecule has 0 aromatic carbocycles. The van der Waals surface area contributed by atoms with Crippen LogP contribution in [0, 0.1) is 0 Å². The number of carbonyl (C=O) groups excluding carboxylic acids is 1. The zero-order valence-corrected chi connectivity index (χ0v) is 11.4. The molecule has 1 rings (SSSR count). The van der Waals surface area contributed by atoms with Crippen LogP contribution in [-0.2, 0) is 4.79 Å². The van der Waals surface area contributed by atoms with Crippen LogP contribution in [0.25, 0.3) is 0 Å². The van der Waals surface area contributed by atoms with E-state index in [1.54, 1.807) is 11.8 Å². The average Bonchev–Trinajstić information content (AvgIpc) is 2.66. The second kappa shape index (κ2) is 6.50. The molecule has 0 radical (unpaired) electrons. The zero-order valence-electron chi connectivity index (χ0n) is 10.6. The molecule has 4 heteroatoms. The van der Waals surface area contributed by atoms with Crippen molar-refractivity contribution in [1.29, 1.82) is 0 Å². The molecule has 1 amide bonds. The minimum absolute atomic E-state index is 0.158. The van der Waals surface area contributed by atoms with Crippen molar-refractivity contribution in [2.75, 3.05) is 12.0 Å². The van der Waals surface area contributed by atoms with Crippen LogP contribution in [-0.4, -0.2) is 40.9 Å². The minimum Gasteiger partial charge on any atom is -0.336 e. The van der Waals surface area contributed by atoms with E-state index in [0.717, 1.165) is 31.4 Å². The van der Waals surface area contributed by atoms with Gasteiger partial charge in [0.25, 0.3) is 0 Å². The van der Waals surface area contributed by atoms with Crippen LogP contribution in [0.4, 0.5) is 0 Å². The zero-order chi connectivity index (χ0) is 12.1. The van der Waals surface area contributed by atoms with E-state index in [-0.39, 0.29) is 11.9 Å². The molecule has 0 aliphatic carbocycles. The highest BCUT2D eigenvalue weighted by atomic mass is 32.2. The molecular formula is C12H24N2OS. The summed E-state index contributed by atoms with van der Waals surface area (Å²) in [6, 6.07) is 0.489. The van der Waals surface area contributed by atoms with Crippen LogP contribution in [0.2, 0.25) is 0 Å². The molecule has 0 aromatic heterocycles. The lowest BCUT2D eigenvalue weighted by Crippen LogP contribution is -2.48. The topological polar surface area (TPSA) is 46.3 Å². The highest BCUT2D eigenvalue weighted by Gasteiger charge is 2.35. The summed E-state index contributed by atoms with van der Waals surface area (Å²) in [7, 11) is 0. The molecule has 0 aromatic rings. The summed E-state index contributed by atoms with van der Waals surface area (Å²) in [5.41, 5.74) is 5.96. The van der Waals surface area contributed by atoms with Gasteiger partial charge in [-0.2, -0.15) is 11.8 Å². The maximum absolute atomic E-state index is 12.2. The van der Waals surface area contributed by atoms with Gasteiger partial charge < -0.3 is 10.6 Å². The van der Waals surface area contributed by atoms with Gasteiger partial charge in [-0.25, -0.2) is 0 Å². The van der Waals surface area contributed by atoms with Gasteiger partial charge in [-0.15, -0.1) is 0 Å². The average molecular weight is 244 g/mol. The molecule has 2 N–H and O–H groups in total. The maximum atomic E-state index is 12.2. The van der Waals surface area contributed by atoms with E-state index in [4.69, 9.17) is 5.73 Å². The monoisotopic (exact) mass is 244 g/mol. The standard InChI is InChI=1S/C12H24N2OS/c1-4-10-6-5-9(2)14(10)12(15)11(13)7-8-16-3/h9-11H,4-8,13H2,1-3H3/t9?,10?,11-/m0/s1. The van der Waals surface area contributed by atoms with E-state index in [2.05, 4.69) is 13.8 Å². The fraction of sp³-hybridized carbons (Fsp3) is 0.917. The number of hydrogen-bond acceptors (Lipinski definition) is 3. The number of likely N-dealkylation sites (tertiary alicyclic amines) is 1. The molecule has 2 unspecified atom stereocenters. The highest BCUT2D eigenvalue weighted by molar-refractivity contribution is 7.98. The molecule has 94 valence electrons. The Morgan fingerprint density at radius 3 is 2.81 bits per heavy atom. The Balaban J connectivity index is 2.56. The second-order valence-electron chi connectivity index (χ2n) is 4.62. The van der Waals surface area contributed by atoms with Crippen LogP contribution in [0.5, 0.6) is 0 Å². The van der Waals surface area contributed by atoms with Gasteiger partial charge in [-0.3, -0.25) is 4.79 Å². The fourth-order valence-electron chi connectivity index (χ4n) is 2.43. The van der Waals surface area contributed by atoms with E-state index in [9.17, 15) is 4.79 Å². The van der Waals surface area contributed by atoms with Crippen LogP contribution in [0.3, 0.4) is 0 Å². The molecule has 1 heterocycles. The summed E-state index contributed by atoms with van der Waals surface area (Å²) in [6.07, 6.45) is 6.15. The summed E-state index contributed by atoms with van der Waals surface area (Å²) in [4.78, 5) is 14.3. The number of amides is 1. The van der Waals surface area contributed by atoms with Crippen molar-refractivity contribution in [2.24, 2.45) is 5.73 Å². The normalized spacial score (nSPS) is 27.1. The quantitative estimate of drug-likeness (QED) is 0.803. The molecule has 0 saturated carbocycles. The number of nitrogens with zero attached hydrogens (tertiary/aromatic N) is 1. The third-order valence-corrected chi connectivity index (χ3v) is 4.11. The van der Waals surface area contributed by atoms with Gasteiger partial charge in [0.2, 0.25) is 5.91 Å².